The van der Waals surface area contributed by atoms with Crippen molar-refractivity contribution in [2.45, 2.75) is 24.2 Å². The molecule has 0 unspecified atom stereocenters. The van der Waals surface area contributed by atoms with Crippen molar-refractivity contribution in [3.05, 3.63) is 65.0 Å². The molecule has 1 amide bonds. The molecule has 0 radical (unpaired) electrons. The molecule has 2 aliphatic heterocycles. The Bertz CT molecular complexity index is 1250. The van der Waals surface area contributed by atoms with Crippen molar-refractivity contribution in [3.8, 4) is 11.3 Å². The second-order valence-electron chi connectivity index (χ2n) is 8.55. The molecule has 3 heterocycles. The molecule has 172 valence electrons. The van der Waals surface area contributed by atoms with E-state index in [0.29, 0.717) is 44.0 Å². The fourth-order valence-corrected chi connectivity index (χ4v) is 6.60. The molecule has 1 N–H and O–H groups in total. The lowest BCUT2D eigenvalue weighted by Gasteiger charge is -2.33. The second-order valence-corrected chi connectivity index (χ2v) is 11.3. The minimum Gasteiger partial charge on any atom is -0.355 e. The van der Waals surface area contributed by atoms with Gasteiger partial charge >= 0.3 is 0 Å². The van der Waals surface area contributed by atoms with Gasteiger partial charge in [0.1, 0.15) is 0 Å². The molecule has 0 spiro atoms. The molecule has 1 aromatic heterocycles. The van der Waals surface area contributed by atoms with Gasteiger partial charge in [-0.3, -0.25) is 4.79 Å². The zero-order valence-corrected chi connectivity index (χ0v) is 20.0. The van der Waals surface area contributed by atoms with Gasteiger partial charge in [-0.2, -0.15) is 4.31 Å². The topological polar surface area (TPSA) is 82.6 Å². The maximum absolute atomic E-state index is 13.2. The summed E-state index contributed by atoms with van der Waals surface area (Å²) in [5, 5.41) is 5.80. The maximum atomic E-state index is 13.2. The number of hydrogen-bond acceptors (Lipinski definition) is 6. The van der Waals surface area contributed by atoms with E-state index in [1.165, 1.54) is 5.56 Å². The average Bonchev–Trinajstić information content (AvgIpc) is 3.49. The van der Waals surface area contributed by atoms with Crippen LogP contribution in [0.1, 0.15) is 23.5 Å². The first-order valence-corrected chi connectivity index (χ1v) is 13.4. The summed E-state index contributed by atoms with van der Waals surface area (Å²) >= 11 is 1.59. The van der Waals surface area contributed by atoms with Crippen LogP contribution in [0.2, 0.25) is 0 Å². The Balaban J connectivity index is 1.23. The van der Waals surface area contributed by atoms with Crippen LogP contribution in [0, 0.1) is 6.92 Å². The third-order valence-corrected chi connectivity index (χ3v) is 9.13. The summed E-state index contributed by atoms with van der Waals surface area (Å²) < 4.78 is 27.9. The van der Waals surface area contributed by atoms with Gasteiger partial charge in [-0.05, 0) is 24.6 Å². The molecule has 3 aromatic rings. The zero-order chi connectivity index (χ0) is 23.0. The van der Waals surface area contributed by atoms with Crippen molar-refractivity contribution in [1.29, 1.82) is 0 Å². The normalized spacial score (nSPS) is 19.6. The second kappa shape index (κ2) is 8.89. The van der Waals surface area contributed by atoms with E-state index in [9.17, 15) is 13.2 Å². The summed E-state index contributed by atoms with van der Waals surface area (Å²) in [5.74, 6) is 0.154. The van der Waals surface area contributed by atoms with Crippen LogP contribution in [0.15, 0.2) is 58.8 Å². The summed E-state index contributed by atoms with van der Waals surface area (Å²) in [6.07, 6.45) is 0.455. The first-order chi connectivity index (χ1) is 15.9. The Morgan fingerprint density at radius 3 is 2.33 bits per heavy atom. The monoisotopic (exact) mass is 482 g/mol. The molecule has 2 aliphatic rings. The Morgan fingerprint density at radius 2 is 1.70 bits per heavy atom. The number of nitrogens with zero attached hydrogens (tertiary/aromatic N) is 3. The number of piperazine rings is 1. The van der Waals surface area contributed by atoms with E-state index in [4.69, 9.17) is 4.98 Å². The van der Waals surface area contributed by atoms with Crippen LogP contribution in [0.4, 0.5) is 5.13 Å². The van der Waals surface area contributed by atoms with Crippen molar-refractivity contribution in [3.63, 3.8) is 0 Å². The lowest BCUT2D eigenvalue weighted by Crippen LogP contribution is -2.48. The lowest BCUT2D eigenvalue weighted by molar-refractivity contribution is -0.119. The van der Waals surface area contributed by atoms with Gasteiger partial charge in [0.05, 0.1) is 10.6 Å². The van der Waals surface area contributed by atoms with Gasteiger partial charge in [-0.1, -0.05) is 42.0 Å². The highest BCUT2D eigenvalue weighted by Gasteiger charge is 2.30. The highest BCUT2D eigenvalue weighted by atomic mass is 32.2. The summed E-state index contributed by atoms with van der Waals surface area (Å²) in [6, 6.07) is 15.3. The van der Waals surface area contributed by atoms with Crippen LogP contribution < -0.4 is 10.2 Å². The number of rotatable bonds is 5. The fourth-order valence-electron chi connectivity index (χ4n) is 4.29. The third kappa shape index (κ3) is 4.53. The molecule has 0 aliphatic carbocycles. The van der Waals surface area contributed by atoms with Crippen molar-refractivity contribution >= 4 is 32.4 Å². The van der Waals surface area contributed by atoms with Crippen molar-refractivity contribution in [1.82, 2.24) is 14.6 Å². The lowest BCUT2D eigenvalue weighted by atomic mass is 9.99. The summed E-state index contributed by atoms with van der Waals surface area (Å²) in [7, 11) is -3.55. The third-order valence-electron chi connectivity index (χ3n) is 6.32. The molecule has 0 bridgehead atoms. The number of nitrogens with one attached hydrogen (secondary N) is 1. The molecule has 1 atom stereocenters. The number of anilines is 1. The summed E-state index contributed by atoms with van der Waals surface area (Å²) in [6.45, 7) is 4.72. The fraction of sp³-hybridized carbons (Fsp3) is 0.333. The van der Waals surface area contributed by atoms with Crippen molar-refractivity contribution in [2.24, 2.45) is 0 Å². The molecule has 2 aromatic carbocycles. The number of amides is 1. The number of aryl methyl sites for hydroxylation is 1. The minimum absolute atomic E-state index is 0.0424. The quantitative estimate of drug-likeness (QED) is 0.604. The molecular formula is C24H26N4O3S2. The van der Waals surface area contributed by atoms with Crippen LogP contribution in [-0.4, -0.2) is 56.3 Å². The zero-order valence-electron chi connectivity index (χ0n) is 18.4. The first kappa shape index (κ1) is 22.1. The van der Waals surface area contributed by atoms with Crippen LogP contribution in [0.3, 0.4) is 0 Å². The summed E-state index contributed by atoms with van der Waals surface area (Å²) in [4.78, 5) is 18.7. The first-order valence-electron chi connectivity index (χ1n) is 11.0. The minimum atomic E-state index is -3.55. The smallest absolute Gasteiger partial charge is 0.243 e. The van der Waals surface area contributed by atoms with Gasteiger partial charge in [0.15, 0.2) is 5.13 Å². The maximum Gasteiger partial charge on any atom is 0.243 e. The number of benzene rings is 2. The Labute approximate surface area is 198 Å². The molecule has 7 nitrogen and oxygen atoms in total. The van der Waals surface area contributed by atoms with E-state index in [2.05, 4.69) is 46.8 Å². The van der Waals surface area contributed by atoms with E-state index in [1.807, 2.05) is 12.1 Å². The number of carbonyl (C=O) groups excluding carboxylic acids is 1. The van der Waals surface area contributed by atoms with Gasteiger partial charge < -0.3 is 10.2 Å². The highest BCUT2D eigenvalue weighted by Crippen LogP contribution is 2.30. The van der Waals surface area contributed by atoms with Crippen molar-refractivity contribution in [2.75, 3.05) is 37.6 Å². The molecule has 9 heteroatoms. The Kier molecular flexibility index (Phi) is 5.94. The molecule has 2 fully saturated rings. The molecule has 5 rings (SSSR count). The van der Waals surface area contributed by atoms with Crippen LogP contribution in [0.25, 0.3) is 11.3 Å². The van der Waals surface area contributed by atoms with Gasteiger partial charge in [0.25, 0.3) is 0 Å². The molecular weight excluding hydrogens is 456 g/mol. The standard InChI is InChI=1S/C24H26N4O3S2/c1-17-2-4-19(5-3-17)22-16-32-24(26-22)27-10-12-28(13-11-27)33(30,31)21-8-6-18(7-9-21)20-14-23(29)25-15-20/h2-9,16,20H,10-15H2,1H3,(H,25,29)/t20-/m0/s1. The molecule has 0 saturated carbocycles. The van der Waals surface area contributed by atoms with Gasteiger partial charge in [0.2, 0.25) is 15.9 Å². The average molecular weight is 483 g/mol. The van der Waals surface area contributed by atoms with Gasteiger partial charge in [-0.15, -0.1) is 11.3 Å². The molecule has 33 heavy (non-hydrogen) atoms. The predicted octanol–water partition coefficient (Wildman–Crippen LogP) is 3.23. The largest absolute Gasteiger partial charge is 0.355 e. The van der Waals surface area contributed by atoms with Crippen LogP contribution >= 0.6 is 11.3 Å². The number of sulfonamides is 1. The van der Waals surface area contributed by atoms with Crippen LogP contribution in [-0.2, 0) is 14.8 Å². The predicted molar refractivity (Wildman–Crippen MR) is 130 cm³/mol. The van der Waals surface area contributed by atoms with E-state index < -0.39 is 10.0 Å². The molecule has 2 saturated heterocycles. The van der Waals surface area contributed by atoms with Gasteiger partial charge in [0, 0.05) is 56.0 Å². The number of aromatic nitrogens is 1. The summed E-state index contributed by atoms with van der Waals surface area (Å²) in [5.41, 5.74) is 4.24. The van der Waals surface area contributed by atoms with Crippen LogP contribution in [0.5, 0.6) is 0 Å². The van der Waals surface area contributed by atoms with Crippen molar-refractivity contribution < 1.29 is 13.2 Å². The highest BCUT2D eigenvalue weighted by molar-refractivity contribution is 7.89. The van der Waals surface area contributed by atoms with E-state index in [-0.39, 0.29) is 11.8 Å². The Morgan fingerprint density at radius 1 is 1.00 bits per heavy atom. The number of hydrogen-bond donors (Lipinski definition) is 1. The number of carbonyl (C=O) groups is 1. The SMILES string of the molecule is Cc1ccc(-c2csc(N3CCN(S(=O)(=O)c4ccc([C@@H]5CNC(=O)C5)cc4)CC3)n2)cc1. The Hall–Kier alpha value is -2.75. The van der Waals surface area contributed by atoms with Gasteiger partial charge in [-0.25, -0.2) is 13.4 Å². The number of thiazole rings is 1. The van der Waals surface area contributed by atoms with E-state index in [1.54, 1.807) is 27.8 Å². The van der Waals surface area contributed by atoms with E-state index >= 15 is 0 Å². The van der Waals surface area contributed by atoms with E-state index in [0.717, 1.165) is 22.0 Å².